The number of hydrogen-bond donors (Lipinski definition) is 4. The fourth-order valence-corrected chi connectivity index (χ4v) is 3.02. The van der Waals surface area contributed by atoms with Crippen LogP contribution in [-0.4, -0.2) is 41.2 Å². The van der Waals surface area contributed by atoms with Crippen LogP contribution in [0.3, 0.4) is 0 Å². The van der Waals surface area contributed by atoms with Gasteiger partial charge in [-0.15, -0.1) is 0 Å². The second-order valence-electron chi connectivity index (χ2n) is 3.42. The number of rotatable bonds is 7. The van der Waals surface area contributed by atoms with E-state index < -0.39 is 20.0 Å². The van der Waals surface area contributed by atoms with Crippen molar-refractivity contribution in [2.45, 2.75) is 5.03 Å². The minimum atomic E-state index is -3.93. The molecule has 0 saturated carbocycles. The third kappa shape index (κ3) is 4.40. The average molecular weight is 309 g/mol. The number of aromatic nitrogens is 1. The van der Waals surface area contributed by atoms with Crippen LogP contribution in [0.2, 0.25) is 0 Å². The Morgan fingerprint density at radius 3 is 2.58 bits per heavy atom. The zero-order valence-electron chi connectivity index (χ0n) is 10.1. The molecule has 1 heterocycles. The second kappa shape index (κ2) is 6.25. The lowest BCUT2D eigenvalue weighted by Gasteiger charge is -2.09. The van der Waals surface area contributed by atoms with Crippen molar-refractivity contribution in [1.82, 2.24) is 14.4 Å². The van der Waals surface area contributed by atoms with Gasteiger partial charge in [0.25, 0.3) is 10.0 Å². The molecule has 0 radical (unpaired) electrons. The number of sulfonamides is 2. The number of nitrogens with one attached hydrogen (secondary N) is 3. The van der Waals surface area contributed by atoms with Crippen molar-refractivity contribution < 1.29 is 16.8 Å². The van der Waals surface area contributed by atoms with Gasteiger partial charge in [-0.1, -0.05) is 0 Å². The van der Waals surface area contributed by atoms with Crippen LogP contribution in [0.1, 0.15) is 0 Å². The lowest BCUT2D eigenvalue weighted by Crippen LogP contribution is -2.33. The first-order chi connectivity index (χ1) is 8.82. The summed E-state index contributed by atoms with van der Waals surface area (Å²) in [5.74, 6) is 4.80. The summed E-state index contributed by atoms with van der Waals surface area (Å²) in [4.78, 5) is 3.70. The Hall–Kier alpha value is -1.27. The molecule has 1 aromatic heterocycles. The molecular formula is C8H15N5O4S2. The van der Waals surface area contributed by atoms with Crippen molar-refractivity contribution in [3.05, 3.63) is 18.3 Å². The van der Waals surface area contributed by atoms with Crippen molar-refractivity contribution in [1.29, 1.82) is 0 Å². The highest BCUT2D eigenvalue weighted by atomic mass is 32.2. The third-order valence-electron chi connectivity index (χ3n) is 2.16. The number of hydrazine groups is 1. The normalized spacial score (nSPS) is 12.3. The summed E-state index contributed by atoms with van der Waals surface area (Å²) in [5, 5.41) is -0.292. The zero-order valence-corrected chi connectivity index (χ0v) is 11.8. The predicted molar refractivity (Wildman–Crippen MR) is 70.1 cm³/mol. The average Bonchev–Trinajstić information content (AvgIpc) is 2.38. The van der Waals surface area contributed by atoms with Gasteiger partial charge in [0, 0.05) is 12.7 Å². The van der Waals surface area contributed by atoms with Gasteiger partial charge in [0.2, 0.25) is 10.0 Å². The molecule has 108 valence electrons. The highest BCUT2D eigenvalue weighted by Gasteiger charge is 2.20. The van der Waals surface area contributed by atoms with E-state index in [1.807, 2.05) is 0 Å². The lowest BCUT2D eigenvalue weighted by molar-refractivity contribution is 0.576. The van der Waals surface area contributed by atoms with Crippen LogP contribution >= 0.6 is 0 Å². The van der Waals surface area contributed by atoms with Crippen LogP contribution in [0.25, 0.3) is 0 Å². The molecule has 0 fully saturated rings. The summed E-state index contributed by atoms with van der Waals surface area (Å²) < 4.78 is 50.3. The predicted octanol–water partition coefficient (Wildman–Crippen LogP) is -1.81. The second-order valence-corrected chi connectivity index (χ2v) is 7.15. The largest absolute Gasteiger partial charge is 0.321 e. The fourth-order valence-electron chi connectivity index (χ4n) is 1.20. The molecule has 11 heteroatoms. The van der Waals surface area contributed by atoms with Gasteiger partial charge < -0.3 is 5.43 Å². The van der Waals surface area contributed by atoms with E-state index in [-0.39, 0.29) is 23.0 Å². The summed E-state index contributed by atoms with van der Waals surface area (Å²) in [5.41, 5.74) is 2.32. The van der Waals surface area contributed by atoms with Crippen LogP contribution in [0, 0.1) is 0 Å². The van der Waals surface area contributed by atoms with Crippen LogP contribution in [-0.2, 0) is 20.0 Å². The highest BCUT2D eigenvalue weighted by Crippen LogP contribution is 2.15. The van der Waals surface area contributed by atoms with Gasteiger partial charge in [-0.25, -0.2) is 31.3 Å². The molecule has 0 amide bonds. The van der Waals surface area contributed by atoms with Crippen molar-refractivity contribution >= 4 is 25.7 Å². The Morgan fingerprint density at radius 2 is 2.00 bits per heavy atom. The lowest BCUT2D eigenvalue weighted by atomic mass is 10.4. The minimum absolute atomic E-state index is 0.117. The molecule has 0 aliphatic rings. The van der Waals surface area contributed by atoms with Gasteiger partial charge in [0.05, 0.1) is 11.4 Å². The zero-order chi connectivity index (χ0) is 14.5. The van der Waals surface area contributed by atoms with Gasteiger partial charge in [0.1, 0.15) is 0 Å². The van der Waals surface area contributed by atoms with Crippen LogP contribution in [0.5, 0.6) is 0 Å². The number of anilines is 1. The summed E-state index contributed by atoms with van der Waals surface area (Å²) in [6, 6.07) is 2.95. The summed E-state index contributed by atoms with van der Waals surface area (Å²) in [6.07, 6.45) is 1.29. The standard InChI is InChI=1S/C8H15N5O4S2/c1-10-18(14,15)6-5-12-19(16,17)8-7(13-9)3-2-4-11-8/h2-4,10,12-13H,5-6,9H2,1H3. The Morgan fingerprint density at radius 1 is 1.32 bits per heavy atom. The van der Waals surface area contributed by atoms with Gasteiger partial charge in [-0.05, 0) is 19.2 Å². The number of pyridine rings is 1. The SMILES string of the molecule is CNS(=O)(=O)CCNS(=O)(=O)c1ncccc1NN. The molecule has 0 spiro atoms. The van der Waals surface area contributed by atoms with Crippen LogP contribution < -0.4 is 20.7 Å². The molecular weight excluding hydrogens is 294 g/mol. The van der Waals surface area contributed by atoms with E-state index >= 15 is 0 Å². The number of hydrogen-bond acceptors (Lipinski definition) is 7. The molecule has 19 heavy (non-hydrogen) atoms. The first-order valence-corrected chi connectivity index (χ1v) is 8.28. The maximum absolute atomic E-state index is 11.9. The third-order valence-corrected chi connectivity index (χ3v) is 4.94. The molecule has 0 saturated heterocycles. The molecule has 1 aromatic rings. The first-order valence-electron chi connectivity index (χ1n) is 5.15. The van der Waals surface area contributed by atoms with Crippen molar-refractivity contribution in [2.24, 2.45) is 5.84 Å². The molecule has 5 N–H and O–H groups in total. The number of nitrogens with two attached hydrogens (primary N) is 1. The maximum atomic E-state index is 11.9. The molecule has 0 aliphatic heterocycles. The number of nitrogens with zero attached hydrogens (tertiary/aromatic N) is 1. The summed E-state index contributed by atoms with van der Waals surface area (Å²) >= 11 is 0. The van der Waals surface area contributed by atoms with E-state index in [2.05, 4.69) is 19.9 Å². The van der Waals surface area contributed by atoms with Gasteiger partial charge in [-0.3, -0.25) is 5.84 Å². The molecule has 1 rings (SSSR count). The first kappa shape index (κ1) is 15.8. The molecule has 0 bridgehead atoms. The van der Waals surface area contributed by atoms with Gasteiger partial charge in [-0.2, -0.15) is 0 Å². The topological polar surface area (TPSA) is 143 Å². The Bertz CT molecular complexity index is 628. The van der Waals surface area contributed by atoms with E-state index in [9.17, 15) is 16.8 Å². The quantitative estimate of drug-likeness (QED) is 0.343. The summed E-state index contributed by atoms with van der Waals surface area (Å²) in [6.45, 7) is -0.272. The minimum Gasteiger partial charge on any atom is -0.321 e. The maximum Gasteiger partial charge on any atom is 0.260 e. The van der Waals surface area contributed by atoms with Crippen molar-refractivity contribution in [3.8, 4) is 0 Å². The molecule has 9 nitrogen and oxygen atoms in total. The van der Waals surface area contributed by atoms with E-state index in [0.717, 1.165) is 0 Å². The van der Waals surface area contributed by atoms with E-state index in [1.165, 1.54) is 25.4 Å². The Kier molecular flexibility index (Phi) is 5.20. The molecule has 0 aliphatic carbocycles. The number of nitrogen functional groups attached to an aromatic ring is 1. The van der Waals surface area contributed by atoms with Crippen LogP contribution in [0.15, 0.2) is 23.4 Å². The van der Waals surface area contributed by atoms with E-state index in [0.29, 0.717) is 0 Å². The monoisotopic (exact) mass is 309 g/mol. The molecule has 0 atom stereocenters. The van der Waals surface area contributed by atoms with Crippen LogP contribution in [0.4, 0.5) is 5.69 Å². The Labute approximate surface area is 111 Å². The Balaban J connectivity index is 2.82. The van der Waals surface area contributed by atoms with Gasteiger partial charge in [0.15, 0.2) is 5.03 Å². The highest BCUT2D eigenvalue weighted by molar-refractivity contribution is 7.90. The smallest absolute Gasteiger partial charge is 0.260 e. The van der Waals surface area contributed by atoms with E-state index in [4.69, 9.17) is 5.84 Å². The van der Waals surface area contributed by atoms with Gasteiger partial charge >= 0.3 is 0 Å². The van der Waals surface area contributed by atoms with Crippen molar-refractivity contribution in [2.75, 3.05) is 24.8 Å². The fraction of sp³-hybridized carbons (Fsp3) is 0.375. The molecule has 0 aromatic carbocycles. The van der Waals surface area contributed by atoms with Crippen molar-refractivity contribution in [3.63, 3.8) is 0 Å². The summed E-state index contributed by atoms with van der Waals surface area (Å²) in [7, 11) is -6.16. The van der Waals surface area contributed by atoms with E-state index in [1.54, 1.807) is 0 Å². The molecule has 0 unspecified atom stereocenters.